The minimum absolute atomic E-state index is 0.0393. The van der Waals surface area contributed by atoms with Gasteiger partial charge in [-0.25, -0.2) is 4.98 Å². The Bertz CT molecular complexity index is 1010. The van der Waals surface area contributed by atoms with Gasteiger partial charge in [-0.05, 0) is 31.5 Å². The Kier molecular flexibility index (Phi) is 5.30. The highest BCUT2D eigenvalue weighted by Crippen LogP contribution is 2.33. The maximum Gasteiger partial charge on any atom is 0.165 e. The second-order valence-corrected chi connectivity index (χ2v) is 9.48. The van der Waals surface area contributed by atoms with Gasteiger partial charge in [-0.1, -0.05) is 44.5 Å². The smallest absolute Gasteiger partial charge is 0.165 e. The molecule has 1 aliphatic rings. The van der Waals surface area contributed by atoms with Crippen LogP contribution in [0, 0.1) is 6.92 Å². The summed E-state index contributed by atoms with van der Waals surface area (Å²) in [5.41, 5.74) is 5.17. The highest BCUT2D eigenvalue weighted by atomic mass is 35.5. The SMILES string of the molecule is CC[NH+]1CCN(c2cc(C(C)(C)C)nc3c(-c4ccc(Cl)cc4)c(C)nn23)CC1. The minimum atomic E-state index is -0.0393. The first-order valence-electron chi connectivity index (χ1n) is 10.5. The highest BCUT2D eigenvalue weighted by Gasteiger charge is 2.26. The molecule has 29 heavy (non-hydrogen) atoms. The van der Waals surface area contributed by atoms with Crippen molar-refractivity contribution in [3.8, 4) is 11.1 Å². The molecule has 4 rings (SSSR count). The molecule has 1 fully saturated rings. The Morgan fingerprint density at radius 2 is 1.76 bits per heavy atom. The number of nitrogens with zero attached hydrogens (tertiary/aromatic N) is 4. The Morgan fingerprint density at radius 1 is 1.10 bits per heavy atom. The van der Waals surface area contributed by atoms with E-state index in [0.29, 0.717) is 0 Å². The van der Waals surface area contributed by atoms with Gasteiger partial charge in [-0.3, -0.25) is 0 Å². The third-order valence-electron chi connectivity index (χ3n) is 5.94. The third-order valence-corrected chi connectivity index (χ3v) is 6.19. The number of anilines is 1. The molecular formula is C23H31ClN5+. The first-order chi connectivity index (χ1) is 13.8. The van der Waals surface area contributed by atoms with Crippen molar-refractivity contribution in [2.75, 3.05) is 37.6 Å². The molecule has 0 aliphatic carbocycles. The van der Waals surface area contributed by atoms with Gasteiger partial charge in [0.1, 0.15) is 5.82 Å². The predicted molar refractivity (Wildman–Crippen MR) is 120 cm³/mol. The van der Waals surface area contributed by atoms with Gasteiger partial charge < -0.3 is 9.80 Å². The zero-order valence-corrected chi connectivity index (χ0v) is 18.8. The van der Waals surface area contributed by atoms with Gasteiger partial charge >= 0.3 is 0 Å². The number of aryl methyl sites for hydroxylation is 1. The maximum absolute atomic E-state index is 6.12. The lowest BCUT2D eigenvalue weighted by atomic mass is 9.91. The van der Waals surface area contributed by atoms with Crippen LogP contribution in [0.3, 0.4) is 0 Å². The number of aromatic nitrogens is 3. The van der Waals surface area contributed by atoms with Gasteiger partial charge in [0.05, 0.1) is 44.1 Å². The van der Waals surface area contributed by atoms with Gasteiger partial charge in [-0.15, -0.1) is 0 Å². The fourth-order valence-electron chi connectivity index (χ4n) is 4.08. The van der Waals surface area contributed by atoms with Crippen molar-refractivity contribution in [3.63, 3.8) is 0 Å². The maximum atomic E-state index is 6.12. The zero-order chi connectivity index (χ0) is 20.8. The monoisotopic (exact) mass is 412 g/mol. The molecule has 0 unspecified atom stereocenters. The lowest BCUT2D eigenvalue weighted by Crippen LogP contribution is -3.14. The lowest BCUT2D eigenvalue weighted by molar-refractivity contribution is -0.898. The Hall–Kier alpha value is -2.11. The van der Waals surface area contributed by atoms with E-state index in [1.807, 2.05) is 16.6 Å². The van der Waals surface area contributed by atoms with Crippen molar-refractivity contribution in [1.29, 1.82) is 0 Å². The van der Waals surface area contributed by atoms with E-state index in [0.717, 1.165) is 65.2 Å². The number of fused-ring (bicyclic) bond motifs is 1. The summed E-state index contributed by atoms with van der Waals surface area (Å²) < 4.78 is 2.05. The number of hydrogen-bond acceptors (Lipinski definition) is 3. The molecule has 0 radical (unpaired) electrons. The molecule has 6 heteroatoms. The van der Waals surface area contributed by atoms with Crippen LogP contribution in [0.5, 0.6) is 0 Å². The predicted octanol–water partition coefficient (Wildman–Crippen LogP) is 3.38. The molecule has 3 heterocycles. The number of hydrogen-bond donors (Lipinski definition) is 1. The molecule has 5 nitrogen and oxygen atoms in total. The number of benzene rings is 1. The van der Waals surface area contributed by atoms with Crippen LogP contribution in [-0.4, -0.2) is 47.3 Å². The van der Waals surface area contributed by atoms with Crippen LogP contribution in [0.15, 0.2) is 30.3 Å². The first kappa shape index (κ1) is 20.2. The molecule has 1 N–H and O–H groups in total. The van der Waals surface area contributed by atoms with Gasteiger partial charge in [0.2, 0.25) is 0 Å². The molecule has 154 valence electrons. The molecule has 0 spiro atoms. The van der Waals surface area contributed by atoms with E-state index in [1.165, 1.54) is 6.54 Å². The minimum Gasteiger partial charge on any atom is -0.345 e. The second kappa shape index (κ2) is 7.62. The normalized spacial score (nSPS) is 16.0. The summed E-state index contributed by atoms with van der Waals surface area (Å²) in [6.45, 7) is 16.6. The summed E-state index contributed by atoms with van der Waals surface area (Å²) in [6.07, 6.45) is 0. The molecule has 0 amide bonds. The van der Waals surface area contributed by atoms with E-state index < -0.39 is 0 Å². The van der Waals surface area contributed by atoms with Crippen LogP contribution in [0.25, 0.3) is 16.8 Å². The third kappa shape index (κ3) is 3.86. The molecule has 1 aliphatic heterocycles. The molecule has 0 atom stereocenters. The van der Waals surface area contributed by atoms with Crippen LogP contribution < -0.4 is 9.80 Å². The number of likely N-dealkylation sites (N-methyl/N-ethyl adjacent to an activating group) is 1. The molecular weight excluding hydrogens is 382 g/mol. The van der Waals surface area contributed by atoms with Crippen LogP contribution >= 0.6 is 11.6 Å². The van der Waals surface area contributed by atoms with Crippen LogP contribution in [0.4, 0.5) is 5.82 Å². The Balaban J connectivity index is 1.89. The van der Waals surface area contributed by atoms with Crippen molar-refractivity contribution in [1.82, 2.24) is 14.6 Å². The number of rotatable bonds is 3. The fourth-order valence-corrected chi connectivity index (χ4v) is 4.20. The summed E-state index contributed by atoms with van der Waals surface area (Å²) in [7, 11) is 0. The second-order valence-electron chi connectivity index (χ2n) is 9.04. The van der Waals surface area contributed by atoms with Crippen LogP contribution in [-0.2, 0) is 5.41 Å². The summed E-state index contributed by atoms with van der Waals surface area (Å²) in [4.78, 5) is 9.23. The number of piperazine rings is 1. The first-order valence-corrected chi connectivity index (χ1v) is 10.9. The quantitative estimate of drug-likeness (QED) is 0.716. The summed E-state index contributed by atoms with van der Waals surface area (Å²) in [5.74, 6) is 1.15. The van der Waals surface area contributed by atoms with E-state index in [9.17, 15) is 0 Å². The van der Waals surface area contributed by atoms with E-state index in [-0.39, 0.29) is 5.41 Å². The summed E-state index contributed by atoms with van der Waals surface area (Å²) in [6, 6.07) is 10.2. The Morgan fingerprint density at radius 3 is 2.34 bits per heavy atom. The highest BCUT2D eigenvalue weighted by molar-refractivity contribution is 6.30. The topological polar surface area (TPSA) is 37.9 Å². The van der Waals surface area contributed by atoms with Crippen LogP contribution in [0.1, 0.15) is 39.1 Å². The standard InChI is InChI=1S/C23H30ClN5/c1-6-27-11-13-28(14-12-27)20-15-19(23(3,4)5)25-22-21(16(2)26-29(20)22)17-7-9-18(24)10-8-17/h7-10,15H,6,11-14H2,1-5H3/p+1. The number of quaternary nitrogens is 1. The molecule has 3 aromatic rings. The largest absolute Gasteiger partial charge is 0.345 e. The fraction of sp³-hybridized carbons (Fsp3) is 0.478. The lowest BCUT2D eigenvalue weighted by Gasteiger charge is -2.33. The van der Waals surface area contributed by atoms with Crippen molar-refractivity contribution >= 4 is 23.1 Å². The molecule has 0 saturated carbocycles. The van der Waals surface area contributed by atoms with E-state index in [4.69, 9.17) is 21.7 Å². The number of nitrogens with one attached hydrogen (secondary N) is 1. The number of halogens is 1. The van der Waals surface area contributed by atoms with Gasteiger partial charge in [-0.2, -0.15) is 9.61 Å². The van der Waals surface area contributed by atoms with Crippen molar-refractivity contribution in [3.05, 3.63) is 46.7 Å². The van der Waals surface area contributed by atoms with Crippen molar-refractivity contribution in [2.45, 2.75) is 40.0 Å². The van der Waals surface area contributed by atoms with Crippen LogP contribution in [0.2, 0.25) is 5.02 Å². The average Bonchev–Trinajstić information content (AvgIpc) is 3.03. The van der Waals surface area contributed by atoms with E-state index in [2.05, 4.69) is 57.7 Å². The zero-order valence-electron chi connectivity index (χ0n) is 18.1. The average molecular weight is 413 g/mol. The molecule has 1 saturated heterocycles. The van der Waals surface area contributed by atoms with Gasteiger partial charge in [0.25, 0.3) is 0 Å². The Labute approximate surface area is 178 Å². The van der Waals surface area contributed by atoms with Gasteiger partial charge in [0, 0.05) is 22.1 Å². The molecule has 1 aromatic carbocycles. The van der Waals surface area contributed by atoms with Gasteiger partial charge in [0.15, 0.2) is 5.65 Å². The molecule has 0 bridgehead atoms. The molecule has 2 aromatic heterocycles. The van der Waals surface area contributed by atoms with Crippen molar-refractivity contribution in [2.24, 2.45) is 0 Å². The summed E-state index contributed by atoms with van der Waals surface area (Å²) in [5, 5.41) is 5.66. The van der Waals surface area contributed by atoms with E-state index >= 15 is 0 Å². The summed E-state index contributed by atoms with van der Waals surface area (Å²) >= 11 is 6.12. The van der Waals surface area contributed by atoms with Crippen molar-refractivity contribution < 1.29 is 4.90 Å². The van der Waals surface area contributed by atoms with E-state index in [1.54, 1.807) is 4.90 Å².